The van der Waals surface area contributed by atoms with Crippen LogP contribution in [0.4, 0.5) is 5.69 Å². The Morgan fingerprint density at radius 2 is 2.39 bits per heavy atom. The lowest BCUT2D eigenvalue weighted by Crippen LogP contribution is -2.41. The monoisotopic (exact) mass is 311 g/mol. The number of hydrogen-bond donors (Lipinski definition) is 2. The summed E-state index contributed by atoms with van der Waals surface area (Å²) in [7, 11) is 1.69. The Morgan fingerprint density at radius 1 is 1.61 bits per heavy atom. The van der Waals surface area contributed by atoms with Crippen LogP contribution in [0.1, 0.15) is 18.4 Å². The van der Waals surface area contributed by atoms with Gasteiger partial charge in [-0.15, -0.1) is 0 Å². The molecule has 98 valence electrons. The molecule has 1 aromatic rings. The molecule has 0 aliphatic carbocycles. The maximum Gasteiger partial charge on any atom is 0.237 e. The van der Waals surface area contributed by atoms with Gasteiger partial charge in [-0.2, -0.15) is 0 Å². The van der Waals surface area contributed by atoms with Crippen molar-refractivity contribution in [3.8, 4) is 0 Å². The lowest BCUT2D eigenvalue weighted by Gasteiger charge is -2.24. The van der Waals surface area contributed by atoms with Crippen molar-refractivity contribution >= 4 is 27.5 Å². The quantitative estimate of drug-likeness (QED) is 0.836. The van der Waals surface area contributed by atoms with E-state index in [4.69, 9.17) is 5.73 Å². The molecule has 1 aromatic carbocycles. The van der Waals surface area contributed by atoms with Crippen LogP contribution in [0.3, 0.4) is 0 Å². The van der Waals surface area contributed by atoms with E-state index in [0.29, 0.717) is 6.54 Å². The molecule has 18 heavy (non-hydrogen) atoms. The highest BCUT2D eigenvalue weighted by molar-refractivity contribution is 9.10. The van der Waals surface area contributed by atoms with Crippen molar-refractivity contribution in [3.05, 3.63) is 28.2 Å². The predicted molar refractivity (Wildman–Crippen MR) is 76.1 cm³/mol. The van der Waals surface area contributed by atoms with Crippen molar-refractivity contribution < 1.29 is 4.79 Å². The molecule has 0 bridgehead atoms. The number of likely N-dealkylation sites (tertiary alicyclic amines) is 1. The first-order chi connectivity index (χ1) is 8.63. The maximum atomic E-state index is 11.8. The van der Waals surface area contributed by atoms with Gasteiger partial charge in [0.2, 0.25) is 5.91 Å². The molecule has 3 N–H and O–H groups in total. The van der Waals surface area contributed by atoms with Gasteiger partial charge in [-0.3, -0.25) is 9.69 Å². The zero-order valence-electron chi connectivity index (χ0n) is 10.4. The van der Waals surface area contributed by atoms with Crippen LogP contribution in [0, 0.1) is 0 Å². The number of nitrogen functional groups attached to an aromatic ring is 1. The van der Waals surface area contributed by atoms with Crippen LogP contribution in [0.15, 0.2) is 22.7 Å². The van der Waals surface area contributed by atoms with Gasteiger partial charge in [-0.25, -0.2) is 0 Å². The number of amides is 1. The standard InChI is InChI=1S/C13H18BrN3O/c1-16-13(18)12-6-3-7-17(12)8-9-10(14)4-2-5-11(9)15/h2,4-5,12H,3,6-8,15H2,1H3,(H,16,18). The second-order valence-electron chi connectivity index (χ2n) is 4.55. The van der Waals surface area contributed by atoms with Gasteiger partial charge in [0.15, 0.2) is 0 Å². The molecule has 0 aromatic heterocycles. The third kappa shape index (κ3) is 2.67. The molecule has 1 saturated heterocycles. The fourth-order valence-corrected chi connectivity index (χ4v) is 2.93. The summed E-state index contributed by atoms with van der Waals surface area (Å²) in [5.41, 5.74) is 7.83. The molecule has 1 aliphatic rings. The molecule has 0 spiro atoms. The van der Waals surface area contributed by atoms with Crippen LogP contribution in [0.2, 0.25) is 0 Å². The predicted octanol–water partition coefficient (Wildman–Crippen LogP) is 1.74. The topological polar surface area (TPSA) is 58.4 Å². The molecule has 2 rings (SSSR count). The third-order valence-electron chi connectivity index (χ3n) is 3.43. The number of nitrogens with zero attached hydrogens (tertiary/aromatic N) is 1. The normalized spacial score (nSPS) is 20.0. The molecule has 1 atom stereocenters. The first-order valence-electron chi connectivity index (χ1n) is 6.12. The molecule has 5 heteroatoms. The van der Waals surface area contributed by atoms with Gasteiger partial charge in [-0.05, 0) is 31.5 Å². The molecule has 1 fully saturated rings. The van der Waals surface area contributed by atoms with E-state index >= 15 is 0 Å². The molecular weight excluding hydrogens is 294 g/mol. The number of benzene rings is 1. The van der Waals surface area contributed by atoms with Crippen LogP contribution in [0.25, 0.3) is 0 Å². The average molecular weight is 312 g/mol. The number of hydrogen-bond acceptors (Lipinski definition) is 3. The maximum absolute atomic E-state index is 11.8. The molecule has 0 saturated carbocycles. The number of carbonyl (C=O) groups is 1. The molecule has 1 aliphatic heterocycles. The lowest BCUT2D eigenvalue weighted by atomic mass is 10.1. The van der Waals surface area contributed by atoms with Gasteiger partial charge >= 0.3 is 0 Å². The number of halogens is 1. The van der Waals surface area contributed by atoms with E-state index in [1.54, 1.807) is 7.05 Å². The number of rotatable bonds is 3. The smallest absolute Gasteiger partial charge is 0.237 e. The second-order valence-corrected chi connectivity index (χ2v) is 5.40. The van der Waals surface area contributed by atoms with Gasteiger partial charge in [0.1, 0.15) is 0 Å². The number of likely N-dealkylation sites (N-methyl/N-ethyl adjacent to an activating group) is 1. The van der Waals surface area contributed by atoms with Crippen molar-refractivity contribution in [2.45, 2.75) is 25.4 Å². The molecular formula is C13H18BrN3O. The summed E-state index contributed by atoms with van der Waals surface area (Å²) >= 11 is 3.52. The minimum absolute atomic E-state index is 0.0264. The zero-order valence-corrected chi connectivity index (χ0v) is 12.0. The highest BCUT2D eigenvalue weighted by atomic mass is 79.9. The number of carbonyl (C=O) groups excluding carboxylic acids is 1. The van der Waals surface area contributed by atoms with Crippen LogP contribution < -0.4 is 11.1 Å². The minimum Gasteiger partial charge on any atom is -0.398 e. The van der Waals surface area contributed by atoms with E-state index in [1.807, 2.05) is 18.2 Å². The molecule has 1 amide bonds. The van der Waals surface area contributed by atoms with Gasteiger partial charge in [-0.1, -0.05) is 22.0 Å². The van der Waals surface area contributed by atoms with Crippen molar-refractivity contribution in [1.82, 2.24) is 10.2 Å². The Hall–Kier alpha value is -1.07. The van der Waals surface area contributed by atoms with Crippen molar-refractivity contribution in [2.75, 3.05) is 19.3 Å². The van der Waals surface area contributed by atoms with Crippen LogP contribution in [0.5, 0.6) is 0 Å². The minimum atomic E-state index is -0.0264. The fraction of sp³-hybridized carbons (Fsp3) is 0.462. The Balaban J connectivity index is 2.16. The Bertz CT molecular complexity index is 430. The van der Waals surface area contributed by atoms with Crippen molar-refractivity contribution in [1.29, 1.82) is 0 Å². The van der Waals surface area contributed by atoms with Crippen molar-refractivity contribution in [3.63, 3.8) is 0 Å². The van der Waals surface area contributed by atoms with Crippen molar-refractivity contribution in [2.24, 2.45) is 0 Å². The average Bonchev–Trinajstić information content (AvgIpc) is 2.81. The van der Waals surface area contributed by atoms with Crippen LogP contribution in [-0.2, 0) is 11.3 Å². The van der Waals surface area contributed by atoms with Gasteiger partial charge < -0.3 is 11.1 Å². The summed E-state index contributed by atoms with van der Waals surface area (Å²) in [6, 6.07) is 5.77. The van der Waals surface area contributed by atoms with Crippen LogP contribution in [-0.4, -0.2) is 30.4 Å². The SMILES string of the molecule is CNC(=O)C1CCCN1Cc1c(N)cccc1Br. The summed E-state index contributed by atoms with van der Waals surface area (Å²) < 4.78 is 1.00. The molecule has 1 unspecified atom stereocenters. The van der Waals surface area contributed by atoms with Gasteiger partial charge in [0, 0.05) is 29.3 Å². The summed E-state index contributed by atoms with van der Waals surface area (Å²) in [6.07, 6.45) is 1.98. The zero-order chi connectivity index (χ0) is 13.1. The first-order valence-corrected chi connectivity index (χ1v) is 6.91. The van der Waals surface area contributed by atoms with E-state index in [2.05, 4.69) is 26.1 Å². The van der Waals surface area contributed by atoms with E-state index in [1.165, 1.54) is 0 Å². The summed E-state index contributed by atoms with van der Waals surface area (Å²) in [5, 5.41) is 2.73. The number of nitrogens with two attached hydrogens (primary N) is 1. The summed E-state index contributed by atoms with van der Waals surface area (Å²) in [4.78, 5) is 14.0. The lowest BCUT2D eigenvalue weighted by molar-refractivity contribution is -0.125. The van der Waals surface area contributed by atoms with Gasteiger partial charge in [0.25, 0.3) is 0 Å². The highest BCUT2D eigenvalue weighted by Gasteiger charge is 2.30. The van der Waals surface area contributed by atoms with E-state index in [9.17, 15) is 4.79 Å². The van der Waals surface area contributed by atoms with E-state index < -0.39 is 0 Å². The molecule has 4 nitrogen and oxygen atoms in total. The fourth-order valence-electron chi connectivity index (χ4n) is 2.42. The number of nitrogens with one attached hydrogen (secondary N) is 1. The first kappa shape index (κ1) is 13.4. The molecule has 0 radical (unpaired) electrons. The Labute approximate surface area is 116 Å². The van der Waals surface area contributed by atoms with Crippen LogP contribution >= 0.6 is 15.9 Å². The van der Waals surface area contributed by atoms with E-state index in [-0.39, 0.29) is 11.9 Å². The summed E-state index contributed by atoms with van der Waals surface area (Å²) in [5.74, 6) is 0.0955. The molecule has 1 heterocycles. The third-order valence-corrected chi connectivity index (χ3v) is 4.17. The van der Waals surface area contributed by atoms with E-state index in [0.717, 1.165) is 35.1 Å². The second kappa shape index (κ2) is 5.71. The largest absolute Gasteiger partial charge is 0.398 e. The van der Waals surface area contributed by atoms with Gasteiger partial charge in [0.05, 0.1) is 6.04 Å². The highest BCUT2D eigenvalue weighted by Crippen LogP contribution is 2.27. The summed E-state index contributed by atoms with van der Waals surface area (Å²) in [6.45, 7) is 1.66. The number of anilines is 1. The Morgan fingerprint density at radius 3 is 3.06 bits per heavy atom. The Kier molecular flexibility index (Phi) is 4.24.